The highest BCUT2D eigenvalue weighted by Gasteiger charge is 2.12. The second-order valence-corrected chi connectivity index (χ2v) is 5.31. The van der Waals surface area contributed by atoms with Crippen LogP contribution in [0.1, 0.15) is 16.2 Å². The van der Waals surface area contributed by atoms with Gasteiger partial charge in [-0.15, -0.1) is 0 Å². The van der Waals surface area contributed by atoms with Crippen molar-refractivity contribution in [2.75, 3.05) is 6.54 Å². The number of hydrogen-bond acceptors (Lipinski definition) is 4. The van der Waals surface area contributed by atoms with Crippen LogP contribution in [-0.2, 0) is 11.3 Å². The van der Waals surface area contributed by atoms with Crippen LogP contribution in [0.4, 0.5) is 0 Å². The molecule has 0 unspecified atom stereocenters. The van der Waals surface area contributed by atoms with E-state index in [4.69, 9.17) is 0 Å². The van der Waals surface area contributed by atoms with Gasteiger partial charge in [-0.1, -0.05) is 36.4 Å². The summed E-state index contributed by atoms with van der Waals surface area (Å²) in [5.41, 5.74) is 2.64. The number of nitrogens with one attached hydrogen (secondary N) is 3. The second-order valence-electron chi connectivity index (χ2n) is 5.31. The first-order valence-corrected chi connectivity index (χ1v) is 7.78. The summed E-state index contributed by atoms with van der Waals surface area (Å²) in [7, 11) is 0. The number of aromatic amines is 1. The van der Waals surface area contributed by atoms with E-state index < -0.39 is 0 Å². The molecule has 0 aliphatic rings. The van der Waals surface area contributed by atoms with Gasteiger partial charge in [0.1, 0.15) is 5.69 Å². The van der Waals surface area contributed by atoms with Gasteiger partial charge in [0.25, 0.3) is 5.91 Å². The average molecular weight is 335 g/mol. The third-order valence-electron chi connectivity index (χ3n) is 3.49. The SMILES string of the molecule is O=C(CNC(=O)c1cc(-c2ccccc2)n[nH]1)NCc1ccccn1. The molecule has 126 valence electrons. The van der Waals surface area contributed by atoms with E-state index in [0.29, 0.717) is 17.9 Å². The maximum absolute atomic E-state index is 12.1. The number of aromatic nitrogens is 3. The fourth-order valence-electron chi connectivity index (χ4n) is 2.20. The Hall–Kier alpha value is -3.48. The Labute approximate surface area is 144 Å². The van der Waals surface area contributed by atoms with Crippen molar-refractivity contribution in [3.63, 3.8) is 0 Å². The molecule has 0 atom stereocenters. The summed E-state index contributed by atoms with van der Waals surface area (Å²) in [6, 6.07) is 16.6. The van der Waals surface area contributed by atoms with Gasteiger partial charge in [-0.25, -0.2) is 0 Å². The summed E-state index contributed by atoms with van der Waals surface area (Å²) in [5.74, 6) is -0.676. The zero-order valence-corrected chi connectivity index (χ0v) is 13.4. The van der Waals surface area contributed by atoms with Gasteiger partial charge in [0.05, 0.1) is 24.5 Å². The Morgan fingerprint density at radius 3 is 2.56 bits per heavy atom. The molecular weight excluding hydrogens is 318 g/mol. The molecular formula is C18H17N5O2. The predicted octanol–water partition coefficient (Wildman–Crippen LogP) is 1.52. The van der Waals surface area contributed by atoms with Crippen LogP contribution in [0.15, 0.2) is 60.8 Å². The van der Waals surface area contributed by atoms with Crippen molar-refractivity contribution >= 4 is 11.8 Å². The lowest BCUT2D eigenvalue weighted by molar-refractivity contribution is -0.120. The minimum Gasteiger partial charge on any atom is -0.349 e. The molecule has 2 amide bonds. The summed E-state index contributed by atoms with van der Waals surface area (Å²) < 4.78 is 0. The number of pyridine rings is 1. The molecule has 3 rings (SSSR count). The molecule has 0 spiro atoms. The number of benzene rings is 1. The van der Waals surface area contributed by atoms with Crippen LogP contribution in [0.2, 0.25) is 0 Å². The molecule has 2 aromatic heterocycles. The minimum absolute atomic E-state index is 0.120. The molecule has 0 saturated carbocycles. The van der Waals surface area contributed by atoms with Crippen molar-refractivity contribution in [2.45, 2.75) is 6.54 Å². The summed E-state index contributed by atoms with van der Waals surface area (Å²) in [5, 5.41) is 12.0. The van der Waals surface area contributed by atoms with Crippen LogP contribution in [0.25, 0.3) is 11.3 Å². The maximum Gasteiger partial charge on any atom is 0.269 e. The molecule has 0 aliphatic heterocycles. The van der Waals surface area contributed by atoms with Gasteiger partial charge in [-0.2, -0.15) is 5.10 Å². The van der Waals surface area contributed by atoms with E-state index in [1.807, 2.05) is 42.5 Å². The third-order valence-corrected chi connectivity index (χ3v) is 3.49. The van der Waals surface area contributed by atoms with Crippen molar-refractivity contribution in [1.82, 2.24) is 25.8 Å². The fourth-order valence-corrected chi connectivity index (χ4v) is 2.20. The van der Waals surface area contributed by atoms with E-state index in [1.165, 1.54) is 0 Å². The van der Waals surface area contributed by atoms with Gasteiger partial charge in [0.15, 0.2) is 0 Å². The van der Waals surface area contributed by atoms with E-state index in [2.05, 4.69) is 25.8 Å². The van der Waals surface area contributed by atoms with Crippen molar-refractivity contribution in [1.29, 1.82) is 0 Å². The number of H-pyrrole nitrogens is 1. The van der Waals surface area contributed by atoms with E-state index in [9.17, 15) is 9.59 Å². The molecule has 7 heteroatoms. The number of nitrogens with zero attached hydrogens (tertiary/aromatic N) is 2. The van der Waals surface area contributed by atoms with Gasteiger partial charge in [0, 0.05) is 11.8 Å². The van der Waals surface area contributed by atoms with Gasteiger partial charge in [-0.05, 0) is 18.2 Å². The highest BCUT2D eigenvalue weighted by atomic mass is 16.2. The molecule has 0 aliphatic carbocycles. The number of carbonyl (C=O) groups is 2. The average Bonchev–Trinajstić information content (AvgIpc) is 3.16. The number of carbonyl (C=O) groups excluding carboxylic acids is 2. The predicted molar refractivity (Wildman–Crippen MR) is 92.4 cm³/mol. The van der Waals surface area contributed by atoms with Crippen molar-refractivity contribution in [2.24, 2.45) is 0 Å². The normalized spacial score (nSPS) is 10.2. The Balaban J connectivity index is 1.49. The first kappa shape index (κ1) is 16.4. The topological polar surface area (TPSA) is 99.8 Å². The van der Waals surface area contributed by atoms with Crippen LogP contribution < -0.4 is 10.6 Å². The molecule has 0 radical (unpaired) electrons. The summed E-state index contributed by atoms with van der Waals surface area (Å²) in [4.78, 5) is 28.0. The van der Waals surface area contributed by atoms with Gasteiger partial charge >= 0.3 is 0 Å². The first-order chi connectivity index (χ1) is 12.2. The summed E-state index contributed by atoms with van der Waals surface area (Å²) in [6.07, 6.45) is 1.66. The fraction of sp³-hybridized carbons (Fsp3) is 0.111. The maximum atomic E-state index is 12.1. The lowest BCUT2D eigenvalue weighted by atomic mass is 10.1. The highest BCUT2D eigenvalue weighted by molar-refractivity contribution is 5.95. The third kappa shape index (κ3) is 4.51. The van der Waals surface area contributed by atoms with Crippen LogP contribution in [0.5, 0.6) is 0 Å². The lowest BCUT2D eigenvalue weighted by Gasteiger charge is -2.05. The standard InChI is InChI=1S/C18H17N5O2/c24-17(20-11-14-8-4-5-9-19-14)12-21-18(25)16-10-15(22-23-16)13-6-2-1-3-7-13/h1-10H,11-12H2,(H,20,24)(H,21,25)(H,22,23). The van der Waals surface area contributed by atoms with Crippen LogP contribution in [0, 0.1) is 0 Å². The summed E-state index contributed by atoms with van der Waals surface area (Å²) >= 11 is 0. The Morgan fingerprint density at radius 1 is 1.00 bits per heavy atom. The Morgan fingerprint density at radius 2 is 1.80 bits per heavy atom. The monoisotopic (exact) mass is 335 g/mol. The Kier molecular flexibility index (Phi) is 5.16. The lowest BCUT2D eigenvalue weighted by Crippen LogP contribution is -2.36. The summed E-state index contributed by atoms with van der Waals surface area (Å²) in [6.45, 7) is 0.198. The van der Waals surface area contributed by atoms with Crippen molar-refractivity contribution in [3.05, 3.63) is 72.2 Å². The van der Waals surface area contributed by atoms with E-state index in [1.54, 1.807) is 18.3 Å². The molecule has 25 heavy (non-hydrogen) atoms. The van der Waals surface area contributed by atoms with Gasteiger partial charge < -0.3 is 10.6 Å². The molecule has 0 saturated heterocycles. The highest BCUT2D eigenvalue weighted by Crippen LogP contribution is 2.16. The van der Waals surface area contributed by atoms with Crippen LogP contribution >= 0.6 is 0 Å². The molecule has 3 aromatic rings. The minimum atomic E-state index is -0.386. The smallest absolute Gasteiger partial charge is 0.269 e. The van der Waals surface area contributed by atoms with E-state index in [-0.39, 0.29) is 18.4 Å². The van der Waals surface area contributed by atoms with Crippen LogP contribution in [-0.4, -0.2) is 33.5 Å². The molecule has 3 N–H and O–H groups in total. The zero-order chi connectivity index (χ0) is 17.5. The van der Waals surface area contributed by atoms with Crippen molar-refractivity contribution < 1.29 is 9.59 Å². The van der Waals surface area contributed by atoms with Gasteiger partial charge in [-0.3, -0.25) is 19.7 Å². The molecule has 0 fully saturated rings. The number of rotatable bonds is 6. The molecule has 1 aromatic carbocycles. The quantitative estimate of drug-likeness (QED) is 0.636. The van der Waals surface area contributed by atoms with E-state index in [0.717, 1.165) is 11.3 Å². The van der Waals surface area contributed by atoms with Gasteiger partial charge in [0.2, 0.25) is 5.91 Å². The Bertz CT molecular complexity index is 846. The zero-order valence-electron chi connectivity index (χ0n) is 13.4. The molecule has 7 nitrogen and oxygen atoms in total. The first-order valence-electron chi connectivity index (χ1n) is 7.78. The van der Waals surface area contributed by atoms with Crippen LogP contribution in [0.3, 0.4) is 0 Å². The van der Waals surface area contributed by atoms with Crippen molar-refractivity contribution in [3.8, 4) is 11.3 Å². The second kappa shape index (κ2) is 7.87. The van der Waals surface area contributed by atoms with E-state index >= 15 is 0 Å². The molecule has 2 heterocycles. The number of amides is 2. The molecule has 0 bridgehead atoms. The largest absolute Gasteiger partial charge is 0.349 e. The number of hydrogen-bond donors (Lipinski definition) is 3.